The van der Waals surface area contributed by atoms with Crippen LogP contribution in [0.2, 0.25) is 0 Å². The van der Waals surface area contributed by atoms with Crippen LogP contribution in [0.3, 0.4) is 0 Å². The summed E-state index contributed by atoms with van der Waals surface area (Å²) in [5.41, 5.74) is 1.11. The minimum absolute atomic E-state index is 0.0710. The lowest BCUT2D eigenvalue weighted by molar-refractivity contribution is -0.119. The zero-order chi connectivity index (χ0) is 18.9. The van der Waals surface area contributed by atoms with Gasteiger partial charge in [0.15, 0.2) is 6.61 Å². The third-order valence-electron chi connectivity index (χ3n) is 3.13. The molecule has 3 N–H and O–H groups in total. The highest BCUT2D eigenvalue weighted by Gasteiger charge is 2.11. The number of hydrogen-bond donors (Lipinski definition) is 3. The van der Waals surface area contributed by atoms with Gasteiger partial charge in [-0.15, -0.1) is 0 Å². The monoisotopic (exact) mass is 353 g/mol. The van der Waals surface area contributed by atoms with E-state index in [0.717, 1.165) is 0 Å². The second-order valence-electron chi connectivity index (χ2n) is 5.13. The summed E-state index contributed by atoms with van der Waals surface area (Å²) in [5.74, 6) is -1.60. The third-order valence-corrected chi connectivity index (χ3v) is 3.13. The van der Waals surface area contributed by atoms with Gasteiger partial charge in [-0.2, -0.15) is 5.26 Å². The Morgan fingerprint density at radius 1 is 0.923 bits per heavy atom. The van der Waals surface area contributed by atoms with Gasteiger partial charge >= 0.3 is 5.97 Å². The average Bonchev–Trinajstić information content (AvgIpc) is 2.62. The van der Waals surface area contributed by atoms with E-state index in [9.17, 15) is 14.4 Å². The Morgan fingerprint density at radius 2 is 1.46 bits per heavy atom. The molecule has 0 unspecified atom stereocenters. The molecular formula is C18H15N3O5. The molecular weight excluding hydrogens is 338 g/mol. The number of phenols is 1. The highest BCUT2D eigenvalue weighted by Crippen LogP contribution is 2.14. The second kappa shape index (κ2) is 8.84. The second-order valence-corrected chi connectivity index (χ2v) is 5.13. The summed E-state index contributed by atoms with van der Waals surface area (Å²) in [6, 6.07) is 13.4. The van der Waals surface area contributed by atoms with Gasteiger partial charge in [-0.1, -0.05) is 0 Å². The predicted octanol–water partition coefficient (Wildman–Crippen LogP) is 2.04. The molecule has 0 saturated heterocycles. The van der Waals surface area contributed by atoms with E-state index < -0.39 is 24.4 Å². The fourth-order valence-corrected chi connectivity index (χ4v) is 1.92. The molecule has 0 saturated carbocycles. The Morgan fingerprint density at radius 3 is 2.04 bits per heavy atom. The minimum Gasteiger partial charge on any atom is -0.508 e. The Hall–Kier alpha value is -3.86. The normalized spacial score (nSPS) is 9.65. The SMILES string of the molecule is N#CCC(=O)Nc1ccc(C(=O)OCC(=O)Nc2ccc(O)cc2)cc1. The fraction of sp³-hybridized carbons (Fsp3) is 0.111. The highest BCUT2D eigenvalue weighted by atomic mass is 16.5. The third kappa shape index (κ3) is 5.65. The van der Waals surface area contributed by atoms with Gasteiger partial charge in [0.2, 0.25) is 5.91 Å². The Kier molecular flexibility index (Phi) is 6.28. The maximum atomic E-state index is 11.9. The highest BCUT2D eigenvalue weighted by molar-refractivity contribution is 5.96. The molecule has 8 heteroatoms. The summed E-state index contributed by atoms with van der Waals surface area (Å²) in [7, 11) is 0. The van der Waals surface area contributed by atoms with Crippen molar-refractivity contribution < 1.29 is 24.2 Å². The maximum absolute atomic E-state index is 11.9. The van der Waals surface area contributed by atoms with E-state index in [2.05, 4.69) is 10.6 Å². The number of aromatic hydroxyl groups is 1. The van der Waals surface area contributed by atoms with Crippen molar-refractivity contribution in [1.82, 2.24) is 0 Å². The zero-order valence-electron chi connectivity index (χ0n) is 13.6. The van der Waals surface area contributed by atoms with Crippen molar-refractivity contribution in [1.29, 1.82) is 5.26 Å². The largest absolute Gasteiger partial charge is 0.508 e. The van der Waals surface area contributed by atoms with Crippen molar-refractivity contribution in [2.75, 3.05) is 17.2 Å². The van der Waals surface area contributed by atoms with Crippen molar-refractivity contribution >= 4 is 29.2 Å². The lowest BCUT2D eigenvalue weighted by atomic mass is 10.2. The van der Waals surface area contributed by atoms with Crippen LogP contribution in [0.25, 0.3) is 0 Å². The topological polar surface area (TPSA) is 129 Å². The van der Waals surface area contributed by atoms with E-state index in [1.807, 2.05) is 0 Å². The number of benzene rings is 2. The number of nitriles is 1. The molecule has 26 heavy (non-hydrogen) atoms. The van der Waals surface area contributed by atoms with E-state index in [1.165, 1.54) is 48.5 Å². The van der Waals surface area contributed by atoms with E-state index in [4.69, 9.17) is 15.1 Å². The molecule has 8 nitrogen and oxygen atoms in total. The summed E-state index contributed by atoms with van der Waals surface area (Å²) in [6.45, 7) is -0.472. The van der Waals surface area contributed by atoms with Crippen molar-refractivity contribution in [3.8, 4) is 11.8 Å². The molecule has 0 fully saturated rings. The molecule has 2 aromatic carbocycles. The van der Waals surface area contributed by atoms with Crippen LogP contribution < -0.4 is 10.6 Å². The summed E-state index contributed by atoms with van der Waals surface area (Å²) < 4.78 is 4.91. The first-order valence-electron chi connectivity index (χ1n) is 7.51. The van der Waals surface area contributed by atoms with Crippen LogP contribution in [0.4, 0.5) is 11.4 Å². The molecule has 2 aromatic rings. The van der Waals surface area contributed by atoms with Crippen molar-refractivity contribution in [2.45, 2.75) is 6.42 Å². The molecule has 0 bridgehead atoms. The number of phenolic OH excluding ortho intramolecular Hbond substituents is 1. The number of rotatable bonds is 6. The quantitative estimate of drug-likeness (QED) is 0.538. The van der Waals surface area contributed by atoms with Gasteiger partial charge in [-0.05, 0) is 48.5 Å². The molecule has 0 heterocycles. The van der Waals surface area contributed by atoms with Crippen LogP contribution in [0.15, 0.2) is 48.5 Å². The fourth-order valence-electron chi connectivity index (χ4n) is 1.92. The van der Waals surface area contributed by atoms with E-state index in [1.54, 1.807) is 6.07 Å². The van der Waals surface area contributed by atoms with Crippen LogP contribution in [-0.4, -0.2) is 29.5 Å². The van der Waals surface area contributed by atoms with Gasteiger partial charge in [0.1, 0.15) is 12.2 Å². The summed E-state index contributed by atoms with van der Waals surface area (Å²) in [4.78, 5) is 35.0. The molecule has 2 rings (SSSR count). The minimum atomic E-state index is -0.694. The first-order chi connectivity index (χ1) is 12.5. The van der Waals surface area contributed by atoms with Crippen LogP contribution in [0, 0.1) is 11.3 Å². The van der Waals surface area contributed by atoms with Gasteiger partial charge < -0.3 is 20.5 Å². The Bertz CT molecular complexity index is 839. The Balaban J connectivity index is 1.83. The molecule has 0 aliphatic heterocycles. The van der Waals surface area contributed by atoms with Gasteiger partial charge in [-0.25, -0.2) is 4.79 Å². The molecule has 0 atom stereocenters. The van der Waals surface area contributed by atoms with Crippen molar-refractivity contribution in [3.63, 3.8) is 0 Å². The zero-order valence-corrected chi connectivity index (χ0v) is 13.6. The van der Waals surface area contributed by atoms with Crippen LogP contribution in [0.1, 0.15) is 16.8 Å². The Labute approximate surface area is 149 Å². The lowest BCUT2D eigenvalue weighted by Gasteiger charge is -2.07. The van der Waals surface area contributed by atoms with Crippen LogP contribution in [-0.2, 0) is 14.3 Å². The lowest BCUT2D eigenvalue weighted by Crippen LogP contribution is -2.20. The smallest absolute Gasteiger partial charge is 0.338 e. The number of nitrogens with one attached hydrogen (secondary N) is 2. The summed E-state index contributed by atoms with van der Waals surface area (Å²) >= 11 is 0. The molecule has 2 amide bonds. The number of anilines is 2. The number of amides is 2. The first-order valence-corrected chi connectivity index (χ1v) is 7.51. The van der Waals surface area contributed by atoms with Gasteiger partial charge in [0, 0.05) is 11.4 Å². The van der Waals surface area contributed by atoms with Gasteiger partial charge in [0.05, 0.1) is 11.6 Å². The number of carbonyl (C=O) groups excluding carboxylic acids is 3. The predicted molar refractivity (Wildman–Crippen MR) is 92.3 cm³/mol. The number of esters is 1. The number of carbonyl (C=O) groups is 3. The van der Waals surface area contributed by atoms with Crippen LogP contribution in [0.5, 0.6) is 5.75 Å². The van der Waals surface area contributed by atoms with Gasteiger partial charge in [-0.3, -0.25) is 9.59 Å². The number of ether oxygens (including phenoxy) is 1. The first kappa shape index (κ1) is 18.5. The molecule has 132 valence electrons. The standard InChI is InChI=1S/C18H15N3O5/c19-10-9-16(23)20-13-3-1-12(2-4-13)18(25)26-11-17(24)21-14-5-7-15(22)8-6-14/h1-8,22H,9,11H2,(H,20,23)(H,21,24). The van der Waals surface area contributed by atoms with Crippen LogP contribution >= 0.6 is 0 Å². The maximum Gasteiger partial charge on any atom is 0.338 e. The average molecular weight is 353 g/mol. The van der Waals surface area contributed by atoms with E-state index >= 15 is 0 Å². The van der Waals surface area contributed by atoms with Gasteiger partial charge in [0.25, 0.3) is 5.91 Å². The van der Waals surface area contributed by atoms with Crippen molar-refractivity contribution in [3.05, 3.63) is 54.1 Å². The molecule has 0 aromatic heterocycles. The number of hydrogen-bond acceptors (Lipinski definition) is 6. The van der Waals surface area contributed by atoms with E-state index in [-0.39, 0.29) is 17.7 Å². The van der Waals surface area contributed by atoms with E-state index in [0.29, 0.717) is 11.4 Å². The number of nitrogens with zero attached hydrogens (tertiary/aromatic N) is 1. The molecule has 0 aliphatic rings. The molecule has 0 aliphatic carbocycles. The summed E-state index contributed by atoms with van der Waals surface area (Å²) in [5, 5.41) is 22.6. The van der Waals surface area contributed by atoms with Crippen molar-refractivity contribution in [2.24, 2.45) is 0 Å². The molecule has 0 radical (unpaired) electrons. The summed E-state index contributed by atoms with van der Waals surface area (Å²) in [6.07, 6.45) is -0.264. The molecule has 0 spiro atoms.